The molecule has 0 saturated carbocycles. The van der Waals surface area contributed by atoms with Gasteiger partial charge in [-0.3, -0.25) is 4.79 Å². The van der Waals surface area contributed by atoms with Crippen LogP contribution in [0.1, 0.15) is 25.3 Å². The number of rotatable bonds is 6. The summed E-state index contributed by atoms with van der Waals surface area (Å²) in [4.78, 5) is 12.0. The van der Waals surface area contributed by atoms with Gasteiger partial charge in [-0.05, 0) is 25.3 Å². The van der Waals surface area contributed by atoms with Crippen molar-refractivity contribution in [2.75, 3.05) is 19.8 Å². The molecule has 0 bridgehead atoms. The molecule has 0 spiro atoms. The van der Waals surface area contributed by atoms with E-state index in [1.54, 1.807) is 0 Å². The normalized spacial score (nSPS) is 22.4. The van der Waals surface area contributed by atoms with Crippen molar-refractivity contribution >= 4 is 5.91 Å². The lowest BCUT2D eigenvalue weighted by Crippen LogP contribution is -2.50. The number of ether oxygens (including phenoxy) is 2. The molecule has 20 heavy (non-hydrogen) atoms. The minimum Gasteiger partial charge on any atom is -0.379 e. The van der Waals surface area contributed by atoms with Crippen LogP contribution in [-0.4, -0.2) is 37.9 Å². The molecule has 1 aromatic carbocycles. The molecule has 4 heteroatoms. The van der Waals surface area contributed by atoms with Crippen molar-refractivity contribution in [1.82, 2.24) is 5.32 Å². The number of carbonyl (C=O) groups excluding carboxylic acids is 1. The predicted octanol–water partition coefficient (Wildman–Crippen LogP) is 1.93. The fraction of sp³-hybridized carbons (Fsp3) is 0.562. The fourth-order valence-electron chi connectivity index (χ4n) is 2.44. The van der Waals surface area contributed by atoms with Crippen LogP contribution in [0.4, 0.5) is 0 Å². The van der Waals surface area contributed by atoms with Gasteiger partial charge in [0.05, 0.1) is 12.6 Å². The number of aryl methyl sites for hydroxylation is 1. The maximum Gasteiger partial charge on any atom is 0.220 e. The van der Waals surface area contributed by atoms with E-state index < -0.39 is 0 Å². The van der Waals surface area contributed by atoms with Gasteiger partial charge in [0, 0.05) is 19.6 Å². The maximum atomic E-state index is 12.0. The van der Waals surface area contributed by atoms with Crippen LogP contribution in [0.25, 0.3) is 0 Å². The monoisotopic (exact) mass is 277 g/mol. The minimum atomic E-state index is -0.0191. The van der Waals surface area contributed by atoms with E-state index in [2.05, 4.69) is 5.32 Å². The molecule has 1 heterocycles. The lowest BCUT2D eigenvalue weighted by Gasteiger charge is -2.31. The van der Waals surface area contributed by atoms with Crippen LogP contribution in [-0.2, 0) is 20.7 Å². The highest BCUT2D eigenvalue weighted by Crippen LogP contribution is 2.12. The van der Waals surface area contributed by atoms with E-state index >= 15 is 0 Å². The topological polar surface area (TPSA) is 47.6 Å². The number of hydrogen-bond acceptors (Lipinski definition) is 3. The Hall–Kier alpha value is -1.39. The Morgan fingerprint density at radius 2 is 2.20 bits per heavy atom. The third-order valence-corrected chi connectivity index (χ3v) is 3.51. The molecule has 4 nitrogen and oxygen atoms in total. The second kappa shape index (κ2) is 8.02. The average molecular weight is 277 g/mol. The van der Waals surface area contributed by atoms with Gasteiger partial charge in [-0.25, -0.2) is 0 Å². The first-order chi connectivity index (χ1) is 9.79. The summed E-state index contributed by atoms with van der Waals surface area (Å²) < 4.78 is 11.0. The molecule has 0 aromatic heterocycles. The molecule has 1 aliphatic rings. The standard InChI is InChI=1S/C16H23NO3/c1-2-20-15-12-19-11-10-14(15)17-16(18)9-8-13-6-4-3-5-7-13/h3-7,14-15H,2,8-12H2,1H3,(H,17,18)/t14-,15-/m1/s1. The molecule has 2 atom stereocenters. The first-order valence-electron chi connectivity index (χ1n) is 7.32. The molecule has 0 aliphatic carbocycles. The predicted molar refractivity (Wildman–Crippen MR) is 77.5 cm³/mol. The smallest absolute Gasteiger partial charge is 0.220 e. The van der Waals surface area contributed by atoms with Crippen molar-refractivity contribution in [3.63, 3.8) is 0 Å². The summed E-state index contributed by atoms with van der Waals surface area (Å²) in [5.74, 6) is 0.0884. The molecular weight excluding hydrogens is 254 g/mol. The summed E-state index contributed by atoms with van der Waals surface area (Å²) in [5, 5.41) is 3.08. The maximum absolute atomic E-state index is 12.0. The molecule has 110 valence electrons. The van der Waals surface area contributed by atoms with Crippen LogP contribution < -0.4 is 5.32 Å². The van der Waals surface area contributed by atoms with Crippen LogP contribution in [0.3, 0.4) is 0 Å². The molecule has 1 amide bonds. The Kier molecular flexibility index (Phi) is 6.02. The SMILES string of the molecule is CCO[C@@H]1COCC[C@H]1NC(=O)CCc1ccccc1. The molecule has 2 rings (SSSR count). The zero-order chi connectivity index (χ0) is 14.2. The highest BCUT2D eigenvalue weighted by Gasteiger charge is 2.27. The van der Waals surface area contributed by atoms with Crippen LogP contribution in [0.15, 0.2) is 30.3 Å². The Morgan fingerprint density at radius 3 is 2.95 bits per heavy atom. The summed E-state index contributed by atoms with van der Waals surface area (Å²) in [6, 6.07) is 10.1. The van der Waals surface area contributed by atoms with Gasteiger partial charge in [-0.15, -0.1) is 0 Å². The summed E-state index contributed by atoms with van der Waals surface area (Å²) in [6.07, 6.45) is 2.09. The van der Waals surface area contributed by atoms with Gasteiger partial charge >= 0.3 is 0 Å². The molecule has 0 radical (unpaired) electrons. The van der Waals surface area contributed by atoms with E-state index in [1.165, 1.54) is 5.56 Å². The van der Waals surface area contributed by atoms with Crippen LogP contribution in [0.5, 0.6) is 0 Å². The summed E-state index contributed by atoms with van der Waals surface area (Å²) in [6.45, 7) is 3.86. The van der Waals surface area contributed by atoms with Gasteiger partial charge < -0.3 is 14.8 Å². The number of hydrogen-bond donors (Lipinski definition) is 1. The zero-order valence-corrected chi connectivity index (χ0v) is 12.0. The molecule has 1 N–H and O–H groups in total. The average Bonchev–Trinajstić information content (AvgIpc) is 2.49. The fourth-order valence-corrected chi connectivity index (χ4v) is 2.44. The molecule has 1 aliphatic heterocycles. The van der Waals surface area contributed by atoms with E-state index in [4.69, 9.17) is 9.47 Å². The number of benzene rings is 1. The Labute approximate surface area is 120 Å². The zero-order valence-electron chi connectivity index (χ0n) is 12.0. The third-order valence-electron chi connectivity index (χ3n) is 3.51. The van der Waals surface area contributed by atoms with Crippen molar-refractivity contribution in [1.29, 1.82) is 0 Å². The highest BCUT2D eigenvalue weighted by atomic mass is 16.5. The third kappa shape index (κ3) is 4.62. The van der Waals surface area contributed by atoms with Gasteiger partial charge in [0.1, 0.15) is 6.10 Å². The van der Waals surface area contributed by atoms with Crippen LogP contribution in [0, 0.1) is 0 Å². The largest absolute Gasteiger partial charge is 0.379 e. The summed E-state index contributed by atoms with van der Waals surface area (Å²) in [7, 11) is 0. The van der Waals surface area contributed by atoms with Crippen LogP contribution >= 0.6 is 0 Å². The minimum absolute atomic E-state index is 0.0191. The number of nitrogens with one attached hydrogen (secondary N) is 1. The van der Waals surface area contributed by atoms with E-state index in [0.717, 1.165) is 12.8 Å². The van der Waals surface area contributed by atoms with Gasteiger partial charge in [0.15, 0.2) is 0 Å². The van der Waals surface area contributed by atoms with Crippen molar-refractivity contribution in [3.8, 4) is 0 Å². The Bertz CT molecular complexity index is 405. The van der Waals surface area contributed by atoms with E-state index in [-0.39, 0.29) is 18.1 Å². The van der Waals surface area contributed by atoms with Gasteiger partial charge in [-0.1, -0.05) is 30.3 Å². The Morgan fingerprint density at radius 1 is 1.40 bits per heavy atom. The quantitative estimate of drug-likeness (QED) is 0.864. The molecular formula is C16H23NO3. The van der Waals surface area contributed by atoms with Crippen molar-refractivity contribution in [2.24, 2.45) is 0 Å². The number of carbonyl (C=O) groups is 1. The van der Waals surface area contributed by atoms with Gasteiger partial charge in [0.25, 0.3) is 0 Å². The molecule has 1 saturated heterocycles. The second-order valence-electron chi connectivity index (χ2n) is 5.02. The van der Waals surface area contributed by atoms with E-state index in [9.17, 15) is 4.79 Å². The number of amides is 1. The summed E-state index contributed by atoms with van der Waals surface area (Å²) >= 11 is 0. The van der Waals surface area contributed by atoms with E-state index in [1.807, 2.05) is 37.3 Å². The van der Waals surface area contributed by atoms with E-state index in [0.29, 0.717) is 26.2 Å². The molecule has 0 unspecified atom stereocenters. The second-order valence-corrected chi connectivity index (χ2v) is 5.02. The summed E-state index contributed by atoms with van der Waals surface area (Å²) in [5.41, 5.74) is 1.19. The van der Waals surface area contributed by atoms with Crippen molar-refractivity contribution < 1.29 is 14.3 Å². The molecule has 1 fully saturated rings. The first-order valence-corrected chi connectivity index (χ1v) is 7.32. The highest BCUT2D eigenvalue weighted by molar-refractivity contribution is 5.76. The molecule has 1 aromatic rings. The van der Waals surface area contributed by atoms with Crippen LogP contribution in [0.2, 0.25) is 0 Å². The lowest BCUT2D eigenvalue weighted by atomic mass is 10.0. The van der Waals surface area contributed by atoms with Gasteiger partial charge in [-0.2, -0.15) is 0 Å². The lowest BCUT2D eigenvalue weighted by molar-refractivity contribution is -0.125. The van der Waals surface area contributed by atoms with Gasteiger partial charge in [0.2, 0.25) is 5.91 Å². The Balaban J connectivity index is 1.78. The van der Waals surface area contributed by atoms with Crippen molar-refractivity contribution in [3.05, 3.63) is 35.9 Å². The van der Waals surface area contributed by atoms with Crippen molar-refractivity contribution in [2.45, 2.75) is 38.3 Å². The first kappa shape index (κ1) is 15.0.